The first-order valence-electron chi connectivity index (χ1n) is 19.6. The van der Waals surface area contributed by atoms with Crippen LogP contribution in [0.3, 0.4) is 0 Å². The van der Waals surface area contributed by atoms with E-state index in [2.05, 4.69) is 27.7 Å². The van der Waals surface area contributed by atoms with Gasteiger partial charge in [0.25, 0.3) is 0 Å². The Morgan fingerprint density at radius 3 is 1.71 bits per heavy atom. The molecule has 8 heteroatoms. The van der Waals surface area contributed by atoms with Gasteiger partial charge in [-0.2, -0.15) is 0 Å². The highest BCUT2D eigenvalue weighted by molar-refractivity contribution is 5.96. The molecule has 5 rings (SSSR count). The molecule has 0 bridgehead atoms. The minimum Gasteiger partial charge on any atom is -0.490 e. The second kappa shape index (κ2) is 15.4. The maximum absolute atomic E-state index is 13.4. The third-order valence-electron chi connectivity index (χ3n) is 11.6. The van der Waals surface area contributed by atoms with E-state index in [0.717, 1.165) is 28.7 Å². The lowest BCUT2D eigenvalue weighted by molar-refractivity contribution is -0.162. The Morgan fingerprint density at radius 2 is 1.21 bits per heavy atom. The predicted octanol–water partition coefficient (Wildman–Crippen LogP) is 11.5. The number of ether oxygens (including phenoxy) is 5. The fraction of sp³-hybridized carbons (Fsp3) is 0.438. The van der Waals surface area contributed by atoms with Crippen LogP contribution in [0.25, 0.3) is 0 Å². The molecule has 0 aliphatic carbocycles. The second-order valence-corrected chi connectivity index (χ2v) is 17.6. The SMILES string of the molecule is CCC(C)Oc1ccc(C(C)(C)c2ccc(Oc3ccc(C(C)(C)c4ccc5c(c4)C(=O)OC(C)(C)C(C)(CC)C(=O)O5)cc3)cc2)cc1C(=O)OC(C)(C)C. The van der Waals surface area contributed by atoms with Crippen LogP contribution in [0, 0.1) is 5.41 Å². The monoisotopic (exact) mass is 762 g/mol. The molecule has 56 heavy (non-hydrogen) atoms. The van der Waals surface area contributed by atoms with E-state index >= 15 is 0 Å². The van der Waals surface area contributed by atoms with Crippen molar-refractivity contribution in [3.63, 3.8) is 0 Å². The van der Waals surface area contributed by atoms with Crippen LogP contribution in [-0.4, -0.2) is 35.2 Å². The van der Waals surface area contributed by atoms with Crippen LogP contribution in [0.5, 0.6) is 23.0 Å². The zero-order valence-corrected chi connectivity index (χ0v) is 35.3. The highest BCUT2D eigenvalue weighted by Gasteiger charge is 2.52. The van der Waals surface area contributed by atoms with Gasteiger partial charge in [-0.15, -0.1) is 0 Å². The summed E-state index contributed by atoms with van der Waals surface area (Å²) in [5.41, 5.74) is 0.837. The van der Waals surface area contributed by atoms with Crippen LogP contribution >= 0.6 is 0 Å². The zero-order chi connectivity index (χ0) is 41.4. The van der Waals surface area contributed by atoms with Gasteiger partial charge in [0.15, 0.2) is 0 Å². The minimum absolute atomic E-state index is 0.0493. The van der Waals surface area contributed by atoms with Crippen molar-refractivity contribution in [3.8, 4) is 23.0 Å². The van der Waals surface area contributed by atoms with Gasteiger partial charge >= 0.3 is 17.9 Å². The standard InChI is InChI=1S/C48H58O8/c1-14-30(3)52-39-26-20-33(28-37(39)41(49)55-44(4,5)6)45(7,8)31-16-22-35(23-17-31)53-36-24-18-32(19-25-36)46(9,10)34-21-27-40-38(29-34)42(50)56-47(11,12)48(13,15-2)43(51)54-40/h16-30H,14-15H2,1-13H3. The molecular formula is C48H58O8. The smallest absolute Gasteiger partial charge is 0.342 e. The molecule has 0 fully saturated rings. The van der Waals surface area contributed by atoms with E-state index < -0.39 is 45.4 Å². The molecule has 4 aromatic rings. The normalized spacial score (nSPS) is 17.7. The van der Waals surface area contributed by atoms with Gasteiger partial charge in [0.2, 0.25) is 0 Å². The largest absolute Gasteiger partial charge is 0.490 e. The lowest BCUT2D eigenvalue weighted by Crippen LogP contribution is -2.52. The number of esters is 3. The number of hydrogen-bond acceptors (Lipinski definition) is 8. The summed E-state index contributed by atoms with van der Waals surface area (Å²) in [6, 6.07) is 26.9. The van der Waals surface area contributed by atoms with Crippen molar-refractivity contribution in [1.82, 2.24) is 0 Å². The first-order chi connectivity index (χ1) is 26.0. The van der Waals surface area contributed by atoms with Gasteiger partial charge in [-0.05, 0) is 132 Å². The van der Waals surface area contributed by atoms with Crippen LogP contribution in [0.4, 0.5) is 0 Å². The van der Waals surface area contributed by atoms with Crippen molar-refractivity contribution in [2.24, 2.45) is 5.41 Å². The average Bonchev–Trinajstić information content (AvgIpc) is 3.13. The van der Waals surface area contributed by atoms with Gasteiger partial charge in [0.05, 0.1) is 6.10 Å². The summed E-state index contributed by atoms with van der Waals surface area (Å²) in [4.78, 5) is 40.0. The van der Waals surface area contributed by atoms with Gasteiger partial charge in [0, 0.05) is 10.8 Å². The van der Waals surface area contributed by atoms with Crippen molar-refractivity contribution < 1.29 is 38.1 Å². The van der Waals surface area contributed by atoms with Crippen LogP contribution in [-0.2, 0) is 25.1 Å². The molecule has 0 aromatic heterocycles. The molecule has 0 spiro atoms. The molecule has 2 atom stereocenters. The summed E-state index contributed by atoms with van der Waals surface area (Å²) in [6.07, 6.45) is 1.22. The number of hydrogen-bond donors (Lipinski definition) is 0. The third kappa shape index (κ3) is 8.49. The summed E-state index contributed by atoms with van der Waals surface area (Å²) in [6.45, 7) is 25.1. The molecule has 0 saturated carbocycles. The van der Waals surface area contributed by atoms with Crippen molar-refractivity contribution >= 4 is 17.9 Å². The number of rotatable bonds is 11. The highest BCUT2D eigenvalue weighted by Crippen LogP contribution is 2.44. The summed E-state index contributed by atoms with van der Waals surface area (Å²) in [5, 5.41) is 0. The molecule has 298 valence electrons. The van der Waals surface area contributed by atoms with E-state index in [1.165, 1.54) is 0 Å². The zero-order valence-electron chi connectivity index (χ0n) is 35.3. The molecule has 1 aliphatic heterocycles. The lowest BCUT2D eigenvalue weighted by Gasteiger charge is -2.42. The minimum atomic E-state index is -1.06. The van der Waals surface area contributed by atoms with Gasteiger partial charge < -0.3 is 23.7 Å². The molecule has 0 amide bonds. The quantitative estimate of drug-likeness (QED) is 0.110. The second-order valence-electron chi connectivity index (χ2n) is 17.6. The van der Waals surface area contributed by atoms with Crippen molar-refractivity contribution in [2.75, 3.05) is 0 Å². The lowest BCUT2D eigenvalue weighted by atomic mass is 9.72. The maximum atomic E-state index is 13.4. The van der Waals surface area contributed by atoms with E-state index in [1.54, 1.807) is 32.9 Å². The number of fused-ring (bicyclic) bond motifs is 1. The van der Waals surface area contributed by atoms with Gasteiger partial charge in [-0.25, -0.2) is 9.59 Å². The van der Waals surface area contributed by atoms with Crippen molar-refractivity contribution in [1.29, 1.82) is 0 Å². The Bertz CT molecular complexity index is 2080. The number of benzene rings is 4. The van der Waals surface area contributed by atoms with E-state index in [0.29, 0.717) is 29.2 Å². The summed E-state index contributed by atoms with van der Waals surface area (Å²) in [7, 11) is 0. The van der Waals surface area contributed by atoms with Crippen LogP contribution in [0.2, 0.25) is 0 Å². The van der Waals surface area contributed by atoms with Gasteiger partial charge in [-0.1, -0.05) is 77.9 Å². The summed E-state index contributed by atoms with van der Waals surface area (Å²) < 4.78 is 29.9. The summed E-state index contributed by atoms with van der Waals surface area (Å²) >= 11 is 0. The Kier molecular flexibility index (Phi) is 11.6. The molecular weight excluding hydrogens is 705 g/mol. The molecule has 0 N–H and O–H groups in total. The van der Waals surface area contributed by atoms with Gasteiger partial charge in [0.1, 0.15) is 50.7 Å². The Balaban J connectivity index is 1.33. The molecule has 0 saturated heterocycles. The maximum Gasteiger partial charge on any atom is 0.342 e. The van der Waals surface area contributed by atoms with E-state index in [1.807, 2.05) is 114 Å². The number of carbonyl (C=O) groups excluding carboxylic acids is 3. The van der Waals surface area contributed by atoms with E-state index in [4.69, 9.17) is 23.7 Å². The molecule has 1 heterocycles. The first kappa shape index (κ1) is 42.0. The van der Waals surface area contributed by atoms with E-state index in [9.17, 15) is 14.4 Å². The molecule has 0 radical (unpaired) electrons. The topological polar surface area (TPSA) is 97.4 Å². The number of cyclic esters (lactones) is 1. The van der Waals surface area contributed by atoms with Crippen LogP contribution in [0.15, 0.2) is 84.9 Å². The van der Waals surface area contributed by atoms with Crippen LogP contribution in [0.1, 0.15) is 146 Å². The fourth-order valence-corrected chi connectivity index (χ4v) is 6.76. The summed E-state index contributed by atoms with van der Waals surface area (Å²) in [5.74, 6) is 0.698. The third-order valence-corrected chi connectivity index (χ3v) is 11.6. The van der Waals surface area contributed by atoms with E-state index in [-0.39, 0.29) is 17.4 Å². The first-order valence-corrected chi connectivity index (χ1v) is 19.6. The fourth-order valence-electron chi connectivity index (χ4n) is 6.76. The molecule has 2 unspecified atom stereocenters. The molecule has 4 aromatic carbocycles. The average molecular weight is 763 g/mol. The highest BCUT2D eigenvalue weighted by atomic mass is 16.6. The number of carbonyl (C=O) groups is 3. The van der Waals surface area contributed by atoms with Gasteiger partial charge in [-0.3, -0.25) is 4.79 Å². The van der Waals surface area contributed by atoms with Crippen LogP contribution < -0.4 is 14.2 Å². The Labute approximate surface area is 332 Å². The Morgan fingerprint density at radius 1 is 0.714 bits per heavy atom. The van der Waals surface area contributed by atoms with Crippen molar-refractivity contribution in [3.05, 3.63) is 118 Å². The molecule has 1 aliphatic rings. The van der Waals surface area contributed by atoms with Crippen molar-refractivity contribution in [2.45, 2.75) is 131 Å². The predicted molar refractivity (Wildman–Crippen MR) is 219 cm³/mol. The molecule has 8 nitrogen and oxygen atoms in total. The Hall–Kier alpha value is -5.11.